The topological polar surface area (TPSA) is 129 Å². The molecule has 10 nitrogen and oxygen atoms in total. The number of phosphoric acid groups is 1. The fraction of sp³-hybridized carbons (Fsp3) is 0.571. The zero-order valence-corrected chi connectivity index (χ0v) is 14.3. The molecule has 3 rings (SSSR count). The minimum Gasteiger partial charge on any atom is -0.371 e. The number of hydrogen-bond donors (Lipinski definition) is 2. The lowest BCUT2D eigenvalue weighted by Gasteiger charge is -2.34. The predicted molar refractivity (Wildman–Crippen MR) is 83.7 cm³/mol. The van der Waals surface area contributed by atoms with Crippen LogP contribution in [0.1, 0.15) is 20.1 Å². The molecular formula is C14H17N2O8P. The molecule has 0 radical (unpaired) electrons. The first kappa shape index (κ1) is 18.1. The van der Waals surface area contributed by atoms with E-state index in [-0.39, 0.29) is 6.61 Å². The van der Waals surface area contributed by atoms with Gasteiger partial charge in [-0.3, -0.25) is 27.9 Å². The molecule has 0 amide bonds. The summed E-state index contributed by atoms with van der Waals surface area (Å²) in [6.45, 7) is 3.06. The van der Waals surface area contributed by atoms with E-state index in [0.717, 1.165) is 16.8 Å². The minimum atomic E-state index is -3.95. The number of nitrogens with one attached hydrogen (secondary N) is 1. The molecule has 1 unspecified atom stereocenters. The van der Waals surface area contributed by atoms with Gasteiger partial charge in [0.05, 0.1) is 12.7 Å². The molecule has 0 aromatic carbocycles. The normalized spacial score (nSPS) is 37.6. The Morgan fingerprint density at radius 3 is 2.88 bits per heavy atom. The van der Waals surface area contributed by atoms with Crippen molar-refractivity contribution < 1.29 is 28.0 Å². The summed E-state index contributed by atoms with van der Waals surface area (Å²) in [4.78, 5) is 25.3. The van der Waals surface area contributed by atoms with Crippen LogP contribution in [0.2, 0.25) is 0 Å². The standard InChI is InChI=1S/C14H17N2O8P/c1-4-14(19)11-9(7-21-25(20,24-11)23-8(2)3)22-12(14)16-6-5-10(17)15-13(16)18/h1,5-6,8-9,11-12,19H,7H2,2-3H3,(H,15,17,18)/t9-,11-,12-,14-,25?/m1/s1. The number of rotatable bonds is 3. The Balaban J connectivity index is 1.98. The van der Waals surface area contributed by atoms with Gasteiger partial charge in [-0.1, -0.05) is 5.92 Å². The molecule has 2 saturated heterocycles. The van der Waals surface area contributed by atoms with Crippen molar-refractivity contribution >= 4 is 7.82 Å². The van der Waals surface area contributed by atoms with Gasteiger partial charge in [0.1, 0.15) is 12.2 Å². The number of aromatic nitrogens is 2. The highest BCUT2D eigenvalue weighted by Gasteiger charge is 2.62. The highest BCUT2D eigenvalue weighted by molar-refractivity contribution is 7.48. The van der Waals surface area contributed by atoms with Crippen LogP contribution >= 0.6 is 7.82 Å². The summed E-state index contributed by atoms with van der Waals surface area (Å²) < 4.78 is 34.7. The quantitative estimate of drug-likeness (QED) is 0.549. The summed E-state index contributed by atoms with van der Waals surface area (Å²) in [5, 5.41) is 10.9. The van der Waals surface area contributed by atoms with E-state index in [1.807, 2.05) is 4.98 Å². The monoisotopic (exact) mass is 372 g/mol. The van der Waals surface area contributed by atoms with E-state index in [1.165, 1.54) is 0 Å². The number of phosphoric ester groups is 1. The second-order valence-electron chi connectivity index (χ2n) is 5.94. The number of H-pyrrole nitrogens is 1. The van der Waals surface area contributed by atoms with Crippen LogP contribution in [0.5, 0.6) is 0 Å². The van der Waals surface area contributed by atoms with Crippen LogP contribution in [0.15, 0.2) is 21.9 Å². The van der Waals surface area contributed by atoms with E-state index in [2.05, 4.69) is 5.92 Å². The number of ether oxygens (including phenoxy) is 1. The van der Waals surface area contributed by atoms with Gasteiger partial charge in [-0.05, 0) is 13.8 Å². The van der Waals surface area contributed by atoms with Crippen LogP contribution in [0.25, 0.3) is 0 Å². The highest BCUT2D eigenvalue weighted by atomic mass is 31.2. The molecule has 2 aliphatic rings. The predicted octanol–water partition coefficient (Wildman–Crippen LogP) is -0.253. The molecular weight excluding hydrogens is 355 g/mol. The minimum absolute atomic E-state index is 0.215. The van der Waals surface area contributed by atoms with E-state index in [0.29, 0.717) is 0 Å². The number of aliphatic hydroxyl groups is 1. The van der Waals surface area contributed by atoms with Crippen molar-refractivity contribution in [1.82, 2.24) is 9.55 Å². The van der Waals surface area contributed by atoms with E-state index in [9.17, 15) is 19.3 Å². The third-order valence-corrected chi connectivity index (χ3v) is 5.40. The summed E-state index contributed by atoms with van der Waals surface area (Å²) in [6, 6.07) is 1.08. The van der Waals surface area contributed by atoms with Crippen molar-refractivity contribution in [3.8, 4) is 12.3 Å². The molecule has 0 bridgehead atoms. The van der Waals surface area contributed by atoms with Gasteiger partial charge in [0.15, 0.2) is 11.8 Å². The van der Waals surface area contributed by atoms with Crippen LogP contribution in [-0.4, -0.2) is 45.2 Å². The fourth-order valence-corrected chi connectivity index (χ4v) is 4.32. The van der Waals surface area contributed by atoms with Crippen molar-refractivity contribution in [2.75, 3.05) is 6.61 Å². The van der Waals surface area contributed by atoms with Crippen LogP contribution in [-0.2, 0) is 22.9 Å². The molecule has 11 heteroatoms. The van der Waals surface area contributed by atoms with E-state index < -0.39 is 49.2 Å². The second-order valence-corrected chi connectivity index (χ2v) is 7.51. The summed E-state index contributed by atoms with van der Waals surface area (Å²) in [5.74, 6) is 2.14. The first-order valence-corrected chi connectivity index (χ1v) is 8.93. The van der Waals surface area contributed by atoms with Gasteiger partial charge in [0, 0.05) is 12.3 Å². The fourth-order valence-electron chi connectivity index (χ4n) is 2.73. The van der Waals surface area contributed by atoms with Gasteiger partial charge in [0.2, 0.25) is 0 Å². The van der Waals surface area contributed by atoms with E-state index >= 15 is 0 Å². The van der Waals surface area contributed by atoms with E-state index in [4.69, 9.17) is 24.7 Å². The molecule has 2 fully saturated rings. The highest BCUT2D eigenvalue weighted by Crippen LogP contribution is 2.59. The second kappa shape index (κ2) is 6.21. The van der Waals surface area contributed by atoms with Crippen LogP contribution in [0.3, 0.4) is 0 Å². The first-order chi connectivity index (χ1) is 11.7. The smallest absolute Gasteiger partial charge is 0.371 e. The SMILES string of the molecule is C#C[C@@]1(O)[C@@H]2OP(=O)(OC(C)C)OC[C@H]2O[C@H]1n1ccc(=O)[nH]c1=O. The van der Waals surface area contributed by atoms with E-state index in [1.54, 1.807) is 13.8 Å². The number of terminal acetylenes is 1. The Morgan fingerprint density at radius 2 is 2.28 bits per heavy atom. The Kier molecular flexibility index (Phi) is 4.49. The van der Waals surface area contributed by atoms with Crippen molar-refractivity contribution in [3.63, 3.8) is 0 Å². The van der Waals surface area contributed by atoms with Crippen molar-refractivity contribution in [1.29, 1.82) is 0 Å². The van der Waals surface area contributed by atoms with Crippen molar-refractivity contribution in [3.05, 3.63) is 33.1 Å². The zero-order valence-electron chi connectivity index (χ0n) is 13.4. The molecule has 25 heavy (non-hydrogen) atoms. The molecule has 1 aromatic rings. The number of nitrogens with zero attached hydrogens (tertiary/aromatic N) is 1. The average molecular weight is 372 g/mol. The Labute approximate surface area is 142 Å². The number of fused-ring (bicyclic) bond motifs is 1. The first-order valence-electron chi connectivity index (χ1n) is 7.47. The van der Waals surface area contributed by atoms with Crippen molar-refractivity contribution in [2.45, 2.75) is 44.0 Å². The molecule has 2 aliphatic heterocycles. The Morgan fingerprint density at radius 1 is 1.56 bits per heavy atom. The molecule has 3 heterocycles. The third kappa shape index (κ3) is 3.11. The third-order valence-electron chi connectivity index (χ3n) is 3.77. The number of aromatic amines is 1. The lowest BCUT2D eigenvalue weighted by atomic mass is 9.95. The molecule has 0 spiro atoms. The van der Waals surface area contributed by atoms with Crippen LogP contribution in [0, 0.1) is 12.3 Å². The average Bonchev–Trinajstić information content (AvgIpc) is 2.79. The molecule has 0 aliphatic carbocycles. The number of hydrogen-bond acceptors (Lipinski definition) is 8. The van der Waals surface area contributed by atoms with Gasteiger partial charge < -0.3 is 9.84 Å². The van der Waals surface area contributed by atoms with Crippen LogP contribution < -0.4 is 11.2 Å². The molecule has 5 atom stereocenters. The van der Waals surface area contributed by atoms with Crippen LogP contribution in [0.4, 0.5) is 0 Å². The summed E-state index contributed by atoms with van der Waals surface area (Å²) in [6.07, 6.45) is 2.63. The lowest BCUT2D eigenvalue weighted by Crippen LogP contribution is -2.50. The molecule has 2 N–H and O–H groups in total. The van der Waals surface area contributed by atoms with Gasteiger partial charge >= 0.3 is 13.5 Å². The molecule has 1 aromatic heterocycles. The van der Waals surface area contributed by atoms with Gasteiger partial charge in [0.25, 0.3) is 5.56 Å². The zero-order chi connectivity index (χ0) is 18.4. The van der Waals surface area contributed by atoms with Gasteiger partial charge in [-0.2, -0.15) is 0 Å². The van der Waals surface area contributed by atoms with Gasteiger partial charge in [-0.25, -0.2) is 9.36 Å². The summed E-state index contributed by atoms with van der Waals surface area (Å²) in [5.41, 5.74) is -3.57. The maximum absolute atomic E-state index is 12.5. The van der Waals surface area contributed by atoms with Gasteiger partial charge in [-0.15, -0.1) is 6.42 Å². The maximum Gasteiger partial charge on any atom is 0.475 e. The molecule has 0 saturated carbocycles. The summed E-state index contributed by atoms with van der Waals surface area (Å²) >= 11 is 0. The largest absolute Gasteiger partial charge is 0.475 e. The van der Waals surface area contributed by atoms with Crippen molar-refractivity contribution in [2.24, 2.45) is 0 Å². The maximum atomic E-state index is 12.5. The lowest BCUT2D eigenvalue weighted by molar-refractivity contribution is -0.0753. The molecule has 136 valence electrons. The summed E-state index contributed by atoms with van der Waals surface area (Å²) in [7, 11) is -3.95. The Bertz CT molecular complexity index is 871. The Hall–Kier alpha value is -1.73.